The molecule has 2 heterocycles. The molecule has 17 heavy (non-hydrogen) atoms. The standard InChI is InChI=1S/C8H10ClN3O3S2/c9-8-11-5-7(16-8)17(14,15)12-3-1-6(13)10-2-4-12/h5H,1-4H2,(H,10,13). The summed E-state index contributed by atoms with van der Waals surface area (Å²) in [5, 5.41) is 2.62. The summed E-state index contributed by atoms with van der Waals surface area (Å²) in [5.41, 5.74) is 0. The quantitative estimate of drug-likeness (QED) is 0.851. The molecule has 1 saturated heterocycles. The van der Waals surface area contributed by atoms with Crippen molar-refractivity contribution in [1.82, 2.24) is 14.6 Å². The van der Waals surface area contributed by atoms with Crippen molar-refractivity contribution in [2.24, 2.45) is 0 Å². The van der Waals surface area contributed by atoms with Crippen molar-refractivity contribution in [3.8, 4) is 0 Å². The summed E-state index contributed by atoms with van der Waals surface area (Å²) < 4.78 is 25.9. The molecule has 1 amide bonds. The topological polar surface area (TPSA) is 79.4 Å². The maximum Gasteiger partial charge on any atom is 0.254 e. The predicted octanol–water partition coefficient (Wildman–Crippen LogP) is 0.307. The number of amides is 1. The zero-order valence-corrected chi connectivity index (χ0v) is 11.1. The van der Waals surface area contributed by atoms with E-state index < -0.39 is 10.0 Å². The number of hydrogen-bond donors (Lipinski definition) is 1. The Labute approximate surface area is 108 Å². The molecule has 0 saturated carbocycles. The summed E-state index contributed by atoms with van der Waals surface area (Å²) in [7, 11) is -3.58. The molecule has 1 aromatic heterocycles. The van der Waals surface area contributed by atoms with Gasteiger partial charge in [0.1, 0.15) is 0 Å². The number of carbonyl (C=O) groups excluding carboxylic acids is 1. The SMILES string of the molecule is O=C1CCN(S(=O)(=O)c2cnc(Cl)s2)CCN1. The zero-order chi connectivity index (χ0) is 12.5. The summed E-state index contributed by atoms with van der Waals surface area (Å²) in [6.07, 6.45) is 1.41. The van der Waals surface area contributed by atoms with Crippen molar-refractivity contribution in [2.75, 3.05) is 19.6 Å². The van der Waals surface area contributed by atoms with Gasteiger partial charge >= 0.3 is 0 Å². The first kappa shape index (κ1) is 12.7. The van der Waals surface area contributed by atoms with Crippen molar-refractivity contribution in [3.05, 3.63) is 10.7 Å². The van der Waals surface area contributed by atoms with Crippen LogP contribution in [0.5, 0.6) is 0 Å². The lowest BCUT2D eigenvalue weighted by molar-refractivity contribution is -0.120. The van der Waals surface area contributed by atoms with Gasteiger partial charge in [0.15, 0.2) is 8.68 Å². The van der Waals surface area contributed by atoms with Crippen LogP contribution in [0.2, 0.25) is 4.47 Å². The second-order valence-electron chi connectivity index (χ2n) is 3.44. The molecular weight excluding hydrogens is 286 g/mol. The minimum atomic E-state index is -3.58. The third kappa shape index (κ3) is 2.76. The Morgan fingerprint density at radius 1 is 1.47 bits per heavy atom. The Hall–Kier alpha value is -0.700. The smallest absolute Gasteiger partial charge is 0.254 e. The lowest BCUT2D eigenvalue weighted by Gasteiger charge is -2.17. The number of carbonyl (C=O) groups is 1. The van der Waals surface area contributed by atoms with Crippen molar-refractivity contribution < 1.29 is 13.2 Å². The Kier molecular flexibility index (Phi) is 3.67. The first-order valence-corrected chi connectivity index (χ1v) is 7.52. The molecular formula is C8H10ClN3O3S2. The minimum absolute atomic E-state index is 0.108. The van der Waals surface area contributed by atoms with Crippen LogP contribution in [0.3, 0.4) is 0 Å². The van der Waals surface area contributed by atoms with Crippen LogP contribution in [-0.2, 0) is 14.8 Å². The van der Waals surface area contributed by atoms with Gasteiger partial charge in [-0.3, -0.25) is 4.79 Å². The summed E-state index contributed by atoms with van der Waals surface area (Å²) in [6, 6.07) is 0. The summed E-state index contributed by atoms with van der Waals surface area (Å²) in [4.78, 5) is 14.8. The molecule has 1 aromatic rings. The predicted molar refractivity (Wildman–Crippen MR) is 63.5 cm³/mol. The molecule has 94 valence electrons. The minimum Gasteiger partial charge on any atom is -0.355 e. The number of rotatable bonds is 2. The van der Waals surface area contributed by atoms with Crippen molar-refractivity contribution in [3.63, 3.8) is 0 Å². The van der Waals surface area contributed by atoms with Gasteiger partial charge in [0, 0.05) is 26.1 Å². The molecule has 0 unspecified atom stereocenters. The number of aromatic nitrogens is 1. The highest BCUT2D eigenvalue weighted by Gasteiger charge is 2.28. The number of nitrogens with zero attached hydrogens (tertiary/aromatic N) is 2. The van der Waals surface area contributed by atoms with Crippen LogP contribution in [0, 0.1) is 0 Å². The summed E-state index contributed by atoms with van der Waals surface area (Å²) >= 11 is 6.53. The fourth-order valence-electron chi connectivity index (χ4n) is 1.47. The third-order valence-corrected chi connectivity index (χ3v) is 5.77. The Balaban J connectivity index is 2.23. The number of halogens is 1. The van der Waals surface area contributed by atoms with Gasteiger partial charge in [0.25, 0.3) is 10.0 Å². The van der Waals surface area contributed by atoms with Crippen LogP contribution in [0.1, 0.15) is 6.42 Å². The van der Waals surface area contributed by atoms with E-state index >= 15 is 0 Å². The molecule has 1 N–H and O–H groups in total. The van der Waals surface area contributed by atoms with Gasteiger partial charge in [-0.05, 0) is 0 Å². The lowest BCUT2D eigenvalue weighted by atomic mass is 10.4. The van der Waals surface area contributed by atoms with Gasteiger partial charge in [-0.2, -0.15) is 4.31 Å². The highest BCUT2D eigenvalue weighted by atomic mass is 35.5. The molecule has 0 spiro atoms. The molecule has 9 heteroatoms. The van der Waals surface area contributed by atoms with Gasteiger partial charge < -0.3 is 5.32 Å². The maximum absolute atomic E-state index is 12.2. The lowest BCUT2D eigenvalue weighted by Crippen LogP contribution is -2.33. The van der Waals surface area contributed by atoms with Crippen molar-refractivity contribution in [1.29, 1.82) is 0 Å². The second kappa shape index (κ2) is 4.89. The van der Waals surface area contributed by atoms with E-state index in [4.69, 9.17) is 11.6 Å². The van der Waals surface area contributed by atoms with Crippen LogP contribution in [0.15, 0.2) is 10.4 Å². The highest BCUT2D eigenvalue weighted by Crippen LogP contribution is 2.25. The molecule has 1 fully saturated rings. The molecule has 1 aliphatic rings. The van der Waals surface area contributed by atoms with E-state index in [9.17, 15) is 13.2 Å². The van der Waals surface area contributed by atoms with E-state index in [1.165, 1.54) is 10.5 Å². The average molecular weight is 296 g/mol. The van der Waals surface area contributed by atoms with E-state index in [0.29, 0.717) is 6.54 Å². The number of hydrogen-bond acceptors (Lipinski definition) is 5. The Morgan fingerprint density at radius 2 is 2.24 bits per heavy atom. The monoisotopic (exact) mass is 295 g/mol. The molecule has 1 aliphatic heterocycles. The van der Waals surface area contributed by atoms with Crippen molar-refractivity contribution in [2.45, 2.75) is 10.6 Å². The van der Waals surface area contributed by atoms with Crippen LogP contribution in [0.4, 0.5) is 0 Å². The molecule has 0 aliphatic carbocycles. The first-order valence-electron chi connectivity index (χ1n) is 4.88. The van der Waals surface area contributed by atoms with Gasteiger partial charge in [0.2, 0.25) is 5.91 Å². The van der Waals surface area contributed by atoms with Crippen LogP contribution >= 0.6 is 22.9 Å². The molecule has 0 bridgehead atoms. The van der Waals surface area contributed by atoms with E-state index in [-0.39, 0.29) is 34.1 Å². The molecule has 0 aromatic carbocycles. The fourth-order valence-corrected chi connectivity index (χ4v) is 4.36. The zero-order valence-electron chi connectivity index (χ0n) is 8.72. The Morgan fingerprint density at radius 3 is 2.88 bits per heavy atom. The first-order chi connectivity index (χ1) is 8.00. The van der Waals surface area contributed by atoms with E-state index in [1.54, 1.807) is 0 Å². The van der Waals surface area contributed by atoms with Gasteiger partial charge in [-0.25, -0.2) is 13.4 Å². The van der Waals surface area contributed by atoms with E-state index in [2.05, 4.69) is 10.3 Å². The normalized spacial score (nSPS) is 18.8. The number of sulfonamides is 1. The van der Waals surface area contributed by atoms with Gasteiger partial charge in [0.05, 0.1) is 6.20 Å². The molecule has 0 atom stereocenters. The number of nitrogens with one attached hydrogen (secondary N) is 1. The third-order valence-electron chi connectivity index (χ3n) is 2.32. The van der Waals surface area contributed by atoms with Crippen LogP contribution < -0.4 is 5.32 Å². The summed E-state index contributed by atoms with van der Waals surface area (Å²) in [5.74, 6) is -0.134. The van der Waals surface area contributed by atoms with Crippen LogP contribution in [-0.4, -0.2) is 43.2 Å². The van der Waals surface area contributed by atoms with E-state index in [1.807, 2.05) is 0 Å². The van der Waals surface area contributed by atoms with E-state index in [0.717, 1.165) is 11.3 Å². The van der Waals surface area contributed by atoms with Gasteiger partial charge in [-0.1, -0.05) is 22.9 Å². The van der Waals surface area contributed by atoms with Gasteiger partial charge in [-0.15, -0.1) is 0 Å². The van der Waals surface area contributed by atoms with Crippen LogP contribution in [0.25, 0.3) is 0 Å². The second-order valence-corrected chi connectivity index (χ2v) is 7.21. The maximum atomic E-state index is 12.2. The Bertz CT molecular complexity index is 528. The summed E-state index contributed by atoms with van der Waals surface area (Å²) in [6.45, 7) is 0.776. The highest BCUT2D eigenvalue weighted by molar-refractivity contribution is 7.91. The average Bonchev–Trinajstić information content (AvgIpc) is 2.58. The molecule has 6 nitrogen and oxygen atoms in total. The largest absolute Gasteiger partial charge is 0.355 e. The van der Waals surface area contributed by atoms with Crippen molar-refractivity contribution >= 4 is 38.9 Å². The fraction of sp³-hybridized carbons (Fsp3) is 0.500. The molecule has 2 rings (SSSR count). The number of thiazole rings is 1. The molecule has 0 radical (unpaired) electrons.